The van der Waals surface area contributed by atoms with E-state index < -0.39 is 10.0 Å². The number of hydrogen-bond donors (Lipinski definition) is 1. The smallest absolute Gasteiger partial charge is 0.243 e. The van der Waals surface area contributed by atoms with Crippen LogP contribution in [-0.2, 0) is 19.6 Å². The summed E-state index contributed by atoms with van der Waals surface area (Å²) in [5, 5.41) is 2.92. The van der Waals surface area contributed by atoms with Crippen molar-refractivity contribution in [2.75, 3.05) is 56.2 Å². The number of amides is 1. The third-order valence-corrected chi connectivity index (χ3v) is 7.99. The summed E-state index contributed by atoms with van der Waals surface area (Å²) in [7, 11) is -3.68. The molecule has 0 radical (unpaired) electrons. The van der Waals surface area contributed by atoms with Crippen molar-refractivity contribution in [3.8, 4) is 5.75 Å². The molecule has 0 aliphatic carbocycles. The summed E-state index contributed by atoms with van der Waals surface area (Å²) in [6.45, 7) is 11.1. The van der Waals surface area contributed by atoms with E-state index in [4.69, 9.17) is 9.47 Å². The van der Waals surface area contributed by atoms with E-state index in [0.29, 0.717) is 32.0 Å². The van der Waals surface area contributed by atoms with Crippen molar-refractivity contribution in [1.29, 1.82) is 0 Å². The van der Waals surface area contributed by atoms with Crippen molar-refractivity contribution in [3.05, 3.63) is 47.5 Å². The zero-order chi connectivity index (χ0) is 24.7. The van der Waals surface area contributed by atoms with Crippen LogP contribution in [0.25, 0.3) is 0 Å². The summed E-state index contributed by atoms with van der Waals surface area (Å²) in [6.07, 6.45) is 0.144. The van der Waals surface area contributed by atoms with Crippen molar-refractivity contribution < 1.29 is 22.7 Å². The minimum Gasteiger partial charge on any atom is -0.493 e. The molecule has 8 nitrogen and oxygen atoms in total. The number of rotatable bonds is 10. The zero-order valence-electron chi connectivity index (χ0n) is 20.5. The number of nitrogens with one attached hydrogen (secondary N) is 1. The zero-order valence-corrected chi connectivity index (χ0v) is 21.3. The van der Waals surface area contributed by atoms with Crippen LogP contribution < -0.4 is 15.0 Å². The highest BCUT2D eigenvalue weighted by Gasteiger charge is 2.27. The van der Waals surface area contributed by atoms with Gasteiger partial charge in [-0.05, 0) is 63.1 Å². The topological polar surface area (TPSA) is 88.2 Å². The molecule has 0 atom stereocenters. The highest BCUT2D eigenvalue weighted by molar-refractivity contribution is 7.89. The van der Waals surface area contributed by atoms with Gasteiger partial charge in [0.25, 0.3) is 0 Å². The number of anilines is 2. The standard InChI is InChI=1S/C25H35N3O5S/c1-5-27(6-2)23-11-10-21(34(30,31)28-13-16-32-17-14-28)18-22(23)26-25(29)12-15-33-24-9-7-8-19(3)20(24)4/h7-11,18H,5-6,12-17H2,1-4H3,(H,26,29). The Kier molecular flexibility index (Phi) is 8.93. The normalized spacial score (nSPS) is 14.6. The Balaban J connectivity index is 1.77. The van der Waals surface area contributed by atoms with E-state index in [1.54, 1.807) is 18.2 Å². The summed E-state index contributed by atoms with van der Waals surface area (Å²) >= 11 is 0. The summed E-state index contributed by atoms with van der Waals surface area (Å²) < 4.78 is 38.8. The van der Waals surface area contributed by atoms with Gasteiger partial charge >= 0.3 is 0 Å². The number of ether oxygens (including phenoxy) is 2. The Bertz CT molecular complexity index is 1090. The van der Waals surface area contributed by atoms with E-state index in [2.05, 4.69) is 10.2 Å². The average Bonchev–Trinajstić information content (AvgIpc) is 2.84. The van der Waals surface area contributed by atoms with Crippen LogP contribution in [0.5, 0.6) is 5.75 Å². The number of carbonyl (C=O) groups excluding carboxylic acids is 1. The van der Waals surface area contributed by atoms with Gasteiger partial charge in [-0.2, -0.15) is 4.31 Å². The van der Waals surface area contributed by atoms with Crippen molar-refractivity contribution in [2.24, 2.45) is 0 Å². The minimum atomic E-state index is -3.68. The van der Waals surface area contributed by atoms with Gasteiger partial charge in [0.1, 0.15) is 5.75 Å². The highest BCUT2D eigenvalue weighted by atomic mass is 32.2. The predicted molar refractivity (Wildman–Crippen MR) is 134 cm³/mol. The summed E-state index contributed by atoms with van der Waals surface area (Å²) in [4.78, 5) is 15.0. The molecule has 1 fully saturated rings. The molecular weight excluding hydrogens is 454 g/mol. The molecule has 0 saturated carbocycles. The fourth-order valence-corrected chi connectivity index (χ4v) is 5.33. The maximum Gasteiger partial charge on any atom is 0.243 e. The second kappa shape index (κ2) is 11.7. The molecule has 0 spiro atoms. The van der Waals surface area contributed by atoms with E-state index >= 15 is 0 Å². The van der Waals surface area contributed by atoms with Crippen LogP contribution in [0.3, 0.4) is 0 Å². The van der Waals surface area contributed by atoms with Crippen LogP contribution >= 0.6 is 0 Å². The van der Waals surface area contributed by atoms with Crippen LogP contribution in [-0.4, -0.2) is 64.6 Å². The highest BCUT2D eigenvalue weighted by Crippen LogP contribution is 2.31. The largest absolute Gasteiger partial charge is 0.493 e. The van der Waals surface area contributed by atoms with E-state index in [-0.39, 0.29) is 23.8 Å². The van der Waals surface area contributed by atoms with Gasteiger partial charge in [-0.3, -0.25) is 4.79 Å². The number of hydrogen-bond acceptors (Lipinski definition) is 6. The molecule has 1 amide bonds. The van der Waals surface area contributed by atoms with Gasteiger partial charge in [0.15, 0.2) is 0 Å². The number of morpholine rings is 1. The second-order valence-corrected chi connectivity index (χ2v) is 10.2. The molecule has 1 heterocycles. The van der Waals surface area contributed by atoms with Gasteiger partial charge < -0.3 is 19.7 Å². The number of aryl methyl sites for hydroxylation is 1. The van der Waals surface area contributed by atoms with E-state index in [0.717, 1.165) is 35.7 Å². The third kappa shape index (κ3) is 6.08. The lowest BCUT2D eigenvalue weighted by Gasteiger charge is -2.28. The molecular formula is C25H35N3O5S. The van der Waals surface area contributed by atoms with Gasteiger partial charge in [-0.1, -0.05) is 12.1 Å². The fraction of sp³-hybridized carbons (Fsp3) is 0.480. The minimum absolute atomic E-state index is 0.144. The van der Waals surface area contributed by atoms with E-state index in [1.165, 1.54) is 4.31 Å². The number of benzene rings is 2. The van der Waals surface area contributed by atoms with Gasteiger partial charge in [-0.25, -0.2) is 8.42 Å². The van der Waals surface area contributed by atoms with Crippen molar-refractivity contribution >= 4 is 27.3 Å². The number of sulfonamides is 1. The van der Waals surface area contributed by atoms with Gasteiger partial charge in [0.2, 0.25) is 15.9 Å². The molecule has 2 aromatic rings. The first-order chi connectivity index (χ1) is 16.3. The van der Waals surface area contributed by atoms with Crippen LogP contribution in [0.15, 0.2) is 41.3 Å². The lowest BCUT2D eigenvalue weighted by atomic mass is 10.1. The number of nitrogens with zero attached hydrogens (tertiary/aromatic N) is 2. The molecule has 186 valence electrons. The molecule has 0 unspecified atom stereocenters. The predicted octanol–water partition coefficient (Wildman–Crippen LogP) is 3.58. The van der Waals surface area contributed by atoms with Crippen molar-refractivity contribution in [1.82, 2.24) is 4.31 Å². The van der Waals surface area contributed by atoms with Crippen LogP contribution in [0.2, 0.25) is 0 Å². The molecule has 1 saturated heterocycles. The van der Waals surface area contributed by atoms with E-state index in [1.807, 2.05) is 45.9 Å². The first kappa shape index (κ1) is 26.0. The van der Waals surface area contributed by atoms with E-state index in [9.17, 15) is 13.2 Å². The van der Waals surface area contributed by atoms with Gasteiger partial charge in [-0.15, -0.1) is 0 Å². The van der Waals surface area contributed by atoms with Gasteiger partial charge in [0, 0.05) is 26.2 Å². The lowest BCUT2D eigenvalue weighted by Crippen LogP contribution is -2.40. The maximum absolute atomic E-state index is 13.2. The Morgan fingerprint density at radius 2 is 1.82 bits per heavy atom. The summed E-state index contributed by atoms with van der Waals surface area (Å²) in [5.41, 5.74) is 3.45. The molecule has 1 N–H and O–H groups in total. The molecule has 34 heavy (non-hydrogen) atoms. The maximum atomic E-state index is 13.2. The molecule has 3 rings (SSSR count). The average molecular weight is 490 g/mol. The van der Waals surface area contributed by atoms with Crippen molar-refractivity contribution in [3.63, 3.8) is 0 Å². The monoisotopic (exact) mass is 489 g/mol. The second-order valence-electron chi connectivity index (χ2n) is 8.21. The molecule has 0 bridgehead atoms. The summed E-state index contributed by atoms with van der Waals surface area (Å²) in [6, 6.07) is 10.8. The SMILES string of the molecule is CCN(CC)c1ccc(S(=O)(=O)N2CCOCC2)cc1NC(=O)CCOc1cccc(C)c1C. The molecule has 2 aromatic carbocycles. The first-order valence-electron chi connectivity index (χ1n) is 11.7. The Labute approximate surface area is 202 Å². The quantitative estimate of drug-likeness (QED) is 0.549. The molecule has 9 heteroatoms. The number of carbonyl (C=O) groups is 1. The third-order valence-electron chi connectivity index (χ3n) is 6.10. The Hall–Kier alpha value is -2.62. The van der Waals surface area contributed by atoms with Crippen LogP contribution in [0.1, 0.15) is 31.4 Å². The van der Waals surface area contributed by atoms with Crippen LogP contribution in [0.4, 0.5) is 11.4 Å². The van der Waals surface area contributed by atoms with Crippen molar-refractivity contribution in [2.45, 2.75) is 39.0 Å². The van der Waals surface area contributed by atoms with Gasteiger partial charge in [0.05, 0.1) is 42.5 Å². The summed E-state index contributed by atoms with van der Waals surface area (Å²) in [5.74, 6) is 0.523. The van der Waals surface area contributed by atoms with Crippen LogP contribution in [0, 0.1) is 13.8 Å². The molecule has 1 aliphatic rings. The molecule has 1 aliphatic heterocycles. The Morgan fingerprint density at radius 1 is 1.12 bits per heavy atom. The Morgan fingerprint density at radius 3 is 2.50 bits per heavy atom. The first-order valence-corrected chi connectivity index (χ1v) is 13.2. The molecule has 0 aromatic heterocycles. The fourth-order valence-electron chi connectivity index (χ4n) is 3.90. The lowest BCUT2D eigenvalue weighted by molar-refractivity contribution is -0.116.